The Morgan fingerprint density at radius 1 is 0.919 bits per heavy atom. The molecule has 1 N–H and O–H groups in total. The van der Waals surface area contributed by atoms with Gasteiger partial charge in [-0.25, -0.2) is 0 Å². The number of carbonyl (C=O) groups is 3. The minimum atomic E-state index is -0.626. The van der Waals surface area contributed by atoms with Gasteiger partial charge in [0.2, 0.25) is 0 Å². The fourth-order valence-electron chi connectivity index (χ4n) is 11.6. The molecule has 4 unspecified atom stereocenters. The van der Waals surface area contributed by atoms with E-state index in [1.807, 2.05) is 6.92 Å². The Hall–Kier alpha value is -1.65. The number of ketones is 1. The van der Waals surface area contributed by atoms with E-state index in [1.54, 1.807) is 0 Å². The van der Waals surface area contributed by atoms with Crippen LogP contribution in [0, 0.1) is 56.7 Å². The zero-order valence-electron chi connectivity index (χ0n) is 24.0. The molecule has 0 amide bonds. The summed E-state index contributed by atoms with van der Waals surface area (Å²) in [6.07, 6.45) is 9.13. The second kappa shape index (κ2) is 8.42. The Morgan fingerprint density at radius 2 is 1.62 bits per heavy atom. The third kappa shape index (κ3) is 3.37. The maximum absolute atomic E-state index is 13.3. The van der Waals surface area contributed by atoms with E-state index in [0.29, 0.717) is 24.2 Å². The average molecular weight is 513 g/mol. The fraction of sp³-hybridized carbons (Fsp3) is 0.844. The van der Waals surface area contributed by atoms with E-state index in [4.69, 9.17) is 4.74 Å². The highest BCUT2D eigenvalue weighted by atomic mass is 16.5. The van der Waals surface area contributed by atoms with Gasteiger partial charge < -0.3 is 9.84 Å². The van der Waals surface area contributed by atoms with Crippen LogP contribution in [-0.2, 0) is 19.1 Å². The molecule has 5 rings (SSSR count). The number of carboxylic acid groups (broad SMARTS) is 1. The number of ether oxygens (including phenoxy) is 1. The number of fused-ring (bicyclic) bond motifs is 7. The summed E-state index contributed by atoms with van der Waals surface area (Å²) in [6.45, 7) is 17.6. The monoisotopic (exact) mass is 512 g/mol. The number of hydrogen-bond acceptors (Lipinski definition) is 4. The largest absolute Gasteiger partial charge is 0.481 e. The molecule has 5 heteroatoms. The van der Waals surface area contributed by atoms with E-state index < -0.39 is 16.8 Å². The Morgan fingerprint density at radius 3 is 2.24 bits per heavy atom. The summed E-state index contributed by atoms with van der Waals surface area (Å²) in [5.41, 5.74) is 0.106. The van der Waals surface area contributed by atoms with Crippen molar-refractivity contribution in [3.05, 3.63) is 12.2 Å². The molecule has 5 saturated carbocycles. The molecule has 0 spiro atoms. The molecule has 0 aromatic carbocycles. The molecule has 0 saturated heterocycles. The minimum Gasteiger partial charge on any atom is -0.481 e. The summed E-state index contributed by atoms with van der Waals surface area (Å²) in [4.78, 5) is 37.9. The zero-order chi connectivity index (χ0) is 27.2. The average Bonchev–Trinajstić information content (AvgIpc) is 3.22. The zero-order valence-corrected chi connectivity index (χ0v) is 24.0. The van der Waals surface area contributed by atoms with Gasteiger partial charge in [0.15, 0.2) is 0 Å². The number of hydrogen-bond donors (Lipinski definition) is 1. The molecule has 0 aromatic rings. The van der Waals surface area contributed by atoms with Crippen LogP contribution in [0.5, 0.6) is 0 Å². The van der Waals surface area contributed by atoms with Crippen LogP contribution in [0.3, 0.4) is 0 Å². The lowest BCUT2D eigenvalue weighted by Gasteiger charge is -2.72. The quantitative estimate of drug-likeness (QED) is 0.329. The number of Topliss-reactive ketones (excluding diaryl/α,β-unsaturated/α-hetero) is 1. The number of rotatable bonds is 4. The van der Waals surface area contributed by atoms with Crippen LogP contribution < -0.4 is 0 Å². The molecule has 0 heterocycles. The summed E-state index contributed by atoms with van der Waals surface area (Å²) < 4.78 is 5.51. The first-order valence-electron chi connectivity index (χ1n) is 14.7. The smallest absolute Gasteiger partial charge is 0.309 e. The maximum Gasteiger partial charge on any atom is 0.309 e. The normalized spacial score (nSPS) is 50.8. The Kier molecular flexibility index (Phi) is 6.13. The third-order valence-electron chi connectivity index (χ3n) is 13.6. The van der Waals surface area contributed by atoms with Crippen LogP contribution in [-0.4, -0.2) is 29.4 Å². The molecule has 206 valence electrons. The van der Waals surface area contributed by atoms with Crippen molar-refractivity contribution in [3.8, 4) is 0 Å². The van der Waals surface area contributed by atoms with Gasteiger partial charge in [0.05, 0.1) is 10.8 Å². The topological polar surface area (TPSA) is 80.7 Å². The van der Waals surface area contributed by atoms with Crippen LogP contribution in [0.2, 0.25) is 0 Å². The maximum atomic E-state index is 13.3. The van der Waals surface area contributed by atoms with Gasteiger partial charge in [-0.3, -0.25) is 14.4 Å². The molecule has 37 heavy (non-hydrogen) atoms. The molecule has 0 bridgehead atoms. The molecule has 5 aliphatic rings. The highest BCUT2D eigenvalue weighted by Crippen LogP contribution is 2.77. The summed E-state index contributed by atoms with van der Waals surface area (Å²) in [6, 6.07) is 0. The Balaban J connectivity index is 1.53. The van der Waals surface area contributed by atoms with Gasteiger partial charge in [-0.05, 0) is 117 Å². The number of esters is 1. The highest BCUT2D eigenvalue weighted by molar-refractivity contribution is 5.86. The Labute approximate surface area is 223 Å². The van der Waals surface area contributed by atoms with E-state index in [-0.39, 0.29) is 46.4 Å². The lowest BCUT2D eigenvalue weighted by Crippen LogP contribution is -2.67. The van der Waals surface area contributed by atoms with Gasteiger partial charge in [-0.2, -0.15) is 0 Å². The minimum absolute atomic E-state index is 0.00849. The number of carboxylic acids is 1. The van der Waals surface area contributed by atoms with E-state index in [1.165, 1.54) is 6.92 Å². The van der Waals surface area contributed by atoms with E-state index in [0.717, 1.165) is 63.4 Å². The molecule has 5 fully saturated rings. The first-order valence-corrected chi connectivity index (χ1v) is 14.7. The second-order valence-corrected chi connectivity index (χ2v) is 14.8. The number of allylic oxidation sites excluding steroid dienone is 1. The lowest BCUT2D eigenvalue weighted by molar-refractivity contribution is -0.238. The number of aliphatic carboxylic acids is 1. The van der Waals surface area contributed by atoms with Crippen molar-refractivity contribution in [2.75, 3.05) is 6.61 Å². The SMILES string of the molecule is C=C(C)[C@@H]1CC[C@]2(C(=O)O)CC[C@]3(C)C(CCC4[C@@]5(C)CCC(=O)[C@@](C)(COC(C)=O)C5CC[C@]43C)C12. The number of carbonyl (C=O) groups excluding carboxylic acids is 2. The summed E-state index contributed by atoms with van der Waals surface area (Å²) in [5, 5.41) is 10.5. The van der Waals surface area contributed by atoms with Gasteiger partial charge in [-0.1, -0.05) is 32.9 Å². The molecule has 0 aliphatic heterocycles. The van der Waals surface area contributed by atoms with Gasteiger partial charge in [0.1, 0.15) is 12.4 Å². The summed E-state index contributed by atoms with van der Waals surface area (Å²) in [7, 11) is 0. The van der Waals surface area contributed by atoms with Gasteiger partial charge >= 0.3 is 11.9 Å². The fourth-order valence-corrected chi connectivity index (χ4v) is 11.6. The predicted molar refractivity (Wildman–Crippen MR) is 143 cm³/mol. The molecule has 10 atom stereocenters. The first kappa shape index (κ1) is 26.9. The third-order valence-corrected chi connectivity index (χ3v) is 13.6. The van der Waals surface area contributed by atoms with E-state index in [9.17, 15) is 19.5 Å². The van der Waals surface area contributed by atoms with Crippen molar-refractivity contribution in [2.24, 2.45) is 56.7 Å². The molecule has 0 aromatic heterocycles. The summed E-state index contributed by atoms with van der Waals surface area (Å²) in [5.74, 6) is 0.890. The molecule has 5 nitrogen and oxygen atoms in total. The van der Waals surface area contributed by atoms with Crippen molar-refractivity contribution < 1.29 is 24.2 Å². The van der Waals surface area contributed by atoms with Crippen LogP contribution in [0.15, 0.2) is 12.2 Å². The standard InChI is InChI=1S/C32H48O5/c1-19(2)21-10-15-32(27(35)36)17-16-30(6)22(26(21)32)8-9-24-28(4)13-12-25(34)29(5,18-37-20(3)33)23(28)11-14-31(24,30)7/h21-24,26H,1,8-18H2,2-7H3,(H,35,36)/t21-,22?,23?,24?,26?,28-,29-,30+,31+,32-/m0/s1. The Bertz CT molecular complexity index is 1030. The van der Waals surface area contributed by atoms with Crippen LogP contribution in [0.25, 0.3) is 0 Å². The predicted octanol–water partition coefficient (Wildman–Crippen LogP) is 6.84. The first-order chi connectivity index (χ1) is 17.2. The second-order valence-electron chi connectivity index (χ2n) is 14.8. The summed E-state index contributed by atoms with van der Waals surface area (Å²) >= 11 is 0. The molecule has 0 radical (unpaired) electrons. The molecular weight excluding hydrogens is 464 g/mol. The van der Waals surface area contributed by atoms with E-state index in [2.05, 4.69) is 34.3 Å². The molecule has 5 aliphatic carbocycles. The highest BCUT2D eigenvalue weighted by Gasteiger charge is 2.72. The lowest BCUT2D eigenvalue weighted by atomic mass is 9.32. The van der Waals surface area contributed by atoms with Gasteiger partial charge in [0.25, 0.3) is 0 Å². The van der Waals surface area contributed by atoms with Gasteiger partial charge in [0, 0.05) is 13.3 Å². The van der Waals surface area contributed by atoms with Crippen molar-refractivity contribution in [3.63, 3.8) is 0 Å². The van der Waals surface area contributed by atoms with Crippen molar-refractivity contribution in [1.82, 2.24) is 0 Å². The molecular formula is C32H48O5. The van der Waals surface area contributed by atoms with Crippen molar-refractivity contribution in [1.29, 1.82) is 0 Å². The van der Waals surface area contributed by atoms with Crippen LogP contribution in [0.4, 0.5) is 0 Å². The van der Waals surface area contributed by atoms with Crippen molar-refractivity contribution >= 4 is 17.7 Å². The van der Waals surface area contributed by atoms with Gasteiger partial charge in [-0.15, -0.1) is 0 Å². The van der Waals surface area contributed by atoms with Crippen molar-refractivity contribution in [2.45, 2.75) is 106 Å². The van der Waals surface area contributed by atoms with Crippen LogP contribution >= 0.6 is 0 Å². The van der Waals surface area contributed by atoms with Crippen LogP contribution in [0.1, 0.15) is 106 Å². The van der Waals surface area contributed by atoms with E-state index >= 15 is 0 Å².